The smallest absolute Gasteiger partial charge is 0.207 e. The predicted molar refractivity (Wildman–Crippen MR) is 87.5 cm³/mol. The van der Waals surface area contributed by atoms with Crippen LogP contribution in [0.2, 0.25) is 13.7 Å². The average molecular weight is 436 g/mol. The standard InChI is InChI=1S/C11H7BrCl3NO2S2/c12-8-9(11(15)19-10(8)14)20(17,18)16-5-6-3-1-2-4-7(6)13/h1-4,16H,5H2. The van der Waals surface area contributed by atoms with E-state index < -0.39 is 10.0 Å². The van der Waals surface area contributed by atoms with Gasteiger partial charge in [-0.1, -0.05) is 53.0 Å². The van der Waals surface area contributed by atoms with E-state index in [1.165, 1.54) is 0 Å². The topological polar surface area (TPSA) is 46.2 Å². The molecule has 3 nitrogen and oxygen atoms in total. The molecule has 20 heavy (non-hydrogen) atoms. The van der Waals surface area contributed by atoms with Crippen molar-refractivity contribution in [2.75, 3.05) is 0 Å². The Morgan fingerprint density at radius 3 is 2.35 bits per heavy atom. The van der Waals surface area contributed by atoms with Crippen LogP contribution in [0.1, 0.15) is 5.56 Å². The Hall–Kier alpha value is 0.180. The highest BCUT2D eigenvalue weighted by molar-refractivity contribution is 9.10. The zero-order valence-corrected chi connectivity index (χ0v) is 15.1. The number of nitrogens with one attached hydrogen (secondary N) is 1. The maximum absolute atomic E-state index is 12.3. The van der Waals surface area contributed by atoms with Gasteiger partial charge in [0.1, 0.15) is 13.6 Å². The fourth-order valence-electron chi connectivity index (χ4n) is 1.46. The predicted octanol–water partition coefficient (Wildman–Crippen LogP) is 4.95. The van der Waals surface area contributed by atoms with Gasteiger partial charge in [-0.15, -0.1) is 11.3 Å². The number of halogens is 4. The van der Waals surface area contributed by atoms with Gasteiger partial charge in [0.15, 0.2) is 0 Å². The molecule has 0 bridgehead atoms. The third-order valence-electron chi connectivity index (χ3n) is 2.41. The molecule has 108 valence electrons. The van der Waals surface area contributed by atoms with Gasteiger partial charge in [-0.25, -0.2) is 13.1 Å². The second-order valence-electron chi connectivity index (χ2n) is 3.71. The Balaban J connectivity index is 2.27. The molecular formula is C11H7BrCl3NO2S2. The van der Waals surface area contributed by atoms with E-state index in [0.717, 1.165) is 11.3 Å². The lowest BCUT2D eigenvalue weighted by Gasteiger charge is -2.08. The number of hydrogen-bond acceptors (Lipinski definition) is 3. The summed E-state index contributed by atoms with van der Waals surface area (Å²) in [7, 11) is -3.78. The highest BCUT2D eigenvalue weighted by Crippen LogP contribution is 2.42. The zero-order chi connectivity index (χ0) is 14.9. The molecule has 9 heteroatoms. The van der Waals surface area contributed by atoms with Crippen molar-refractivity contribution in [1.29, 1.82) is 0 Å². The van der Waals surface area contributed by atoms with Crippen molar-refractivity contribution < 1.29 is 8.42 Å². The van der Waals surface area contributed by atoms with Crippen LogP contribution in [0.15, 0.2) is 33.6 Å². The molecule has 0 aliphatic heterocycles. The number of hydrogen-bond donors (Lipinski definition) is 1. The Morgan fingerprint density at radius 1 is 1.15 bits per heavy atom. The van der Waals surface area contributed by atoms with Gasteiger partial charge >= 0.3 is 0 Å². The Kier molecular flexibility index (Phi) is 5.40. The van der Waals surface area contributed by atoms with Gasteiger partial charge in [0.2, 0.25) is 10.0 Å². The number of benzene rings is 1. The number of sulfonamides is 1. The second-order valence-corrected chi connectivity index (χ2v) is 8.84. The van der Waals surface area contributed by atoms with Crippen molar-refractivity contribution in [2.45, 2.75) is 11.4 Å². The summed E-state index contributed by atoms with van der Waals surface area (Å²) in [6, 6.07) is 6.98. The summed E-state index contributed by atoms with van der Waals surface area (Å²) < 4.78 is 27.6. The molecule has 0 saturated heterocycles. The molecule has 0 aliphatic carbocycles. The van der Waals surface area contributed by atoms with E-state index in [1.807, 2.05) is 0 Å². The molecule has 1 aromatic heterocycles. The van der Waals surface area contributed by atoms with Gasteiger partial charge in [0, 0.05) is 11.6 Å². The van der Waals surface area contributed by atoms with E-state index in [-0.39, 0.29) is 24.6 Å². The van der Waals surface area contributed by atoms with E-state index in [2.05, 4.69) is 20.7 Å². The molecule has 1 aromatic carbocycles. The maximum Gasteiger partial charge on any atom is 0.244 e. The van der Waals surface area contributed by atoms with Crippen molar-refractivity contribution in [3.05, 3.63) is 48.0 Å². The molecule has 0 amide bonds. The SMILES string of the molecule is O=S(=O)(NCc1ccccc1Cl)c1c(Cl)sc(Cl)c1Br. The molecule has 1 N–H and O–H groups in total. The first-order valence-electron chi connectivity index (χ1n) is 5.19. The monoisotopic (exact) mass is 433 g/mol. The molecule has 0 unspecified atom stereocenters. The lowest BCUT2D eigenvalue weighted by Crippen LogP contribution is -2.23. The van der Waals surface area contributed by atoms with Crippen LogP contribution in [0.4, 0.5) is 0 Å². The lowest BCUT2D eigenvalue weighted by molar-refractivity contribution is 0.581. The van der Waals surface area contributed by atoms with Gasteiger partial charge in [0.05, 0.1) is 4.47 Å². The van der Waals surface area contributed by atoms with Crippen LogP contribution in [0.3, 0.4) is 0 Å². The van der Waals surface area contributed by atoms with Crippen LogP contribution in [0.5, 0.6) is 0 Å². The Morgan fingerprint density at radius 2 is 1.80 bits per heavy atom. The molecule has 0 radical (unpaired) electrons. The molecule has 2 aromatic rings. The third kappa shape index (κ3) is 3.50. The minimum absolute atomic E-state index is 0.0544. The summed E-state index contributed by atoms with van der Waals surface area (Å²) in [5.74, 6) is 0. The molecule has 0 fully saturated rings. The highest BCUT2D eigenvalue weighted by Gasteiger charge is 2.26. The van der Waals surface area contributed by atoms with Gasteiger partial charge < -0.3 is 0 Å². The lowest BCUT2D eigenvalue weighted by atomic mass is 10.2. The maximum atomic E-state index is 12.3. The Labute approximate surface area is 144 Å². The first-order chi connectivity index (χ1) is 9.33. The van der Waals surface area contributed by atoms with Gasteiger partial charge in [-0.3, -0.25) is 0 Å². The fourth-order valence-corrected chi connectivity index (χ4v) is 6.22. The number of rotatable bonds is 4. The van der Waals surface area contributed by atoms with E-state index in [9.17, 15) is 8.42 Å². The van der Waals surface area contributed by atoms with Crippen LogP contribution in [-0.2, 0) is 16.6 Å². The van der Waals surface area contributed by atoms with Crippen LogP contribution < -0.4 is 4.72 Å². The molecule has 0 aliphatic rings. The Bertz CT molecular complexity index is 746. The fraction of sp³-hybridized carbons (Fsp3) is 0.0909. The van der Waals surface area contributed by atoms with Crippen LogP contribution >= 0.6 is 62.1 Å². The molecule has 2 rings (SSSR count). The largest absolute Gasteiger partial charge is 0.244 e. The quantitative estimate of drug-likeness (QED) is 0.739. The average Bonchev–Trinajstić information content (AvgIpc) is 2.62. The summed E-state index contributed by atoms with van der Waals surface area (Å²) in [5.41, 5.74) is 0.673. The van der Waals surface area contributed by atoms with E-state index in [1.54, 1.807) is 24.3 Å². The van der Waals surface area contributed by atoms with Gasteiger partial charge in [-0.05, 0) is 27.6 Å². The van der Waals surface area contributed by atoms with E-state index >= 15 is 0 Å². The first-order valence-corrected chi connectivity index (χ1v) is 9.42. The summed E-state index contributed by atoms with van der Waals surface area (Å²) in [6.07, 6.45) is 0. The summed E-state index contributed by atoms with van der Waals surface area (Å²) in [5, 5.41) is 0.490. The number of thiophene rings is 1. The zero-order valence-electron chi connectivity index (χ0n) is 9.66. The van der Waals surface area contributed by atoms with Crippen LogP contribution in [-0.4, -0.2) is 8.42 Å². The summed E-state index contributed by atoms with van der Waals surface area (Å²) in [6.45, 7) is 0.0677. The molecule has 0 saturated carbocycles. The van der Waals surface area contributed by atoms with Crippen molar-refractivity contribution in [1.82, 2.24) is 4.72 Å². The van der Waals surface area contributed by atoms with Crippen molar-refractivity contribution in [2.24, 2.45) is 0 Å². The van der Waals surface area contributed by atoms with Crippen molar-refractivity contribution >= 4 is 72.1 Å². The van der Waals surface area contributed by atoms with E-state index in [4.69, 9.17) is 34.8 Å². The molecule has 1 heterocycles. The van der Waals surface area contributed by atoms with Gasteiger partial charge in [0.25, 0.3) is 0 Å². The van der Waals surface area contributed by atoms with Crippen molar-refractivity contribution in [3.8, 4) is 0 Å². The van der Waals surface area contributed by atoms with Crippen LogP contribution in [0, 0.1) is 0 Å². The second kappa shape index (κ2) is 6.52. The van der Waals surface area contributed by atoms with E-state index in [0.29, 0.717) is 10.6 Å². The third-order valence-corrected chi connectivity index (χ3v) is 7.64. The molecular weight excluding hydrogens is 429 g/mol. The molecule has 0 atom stereocenters. The summed E-state index contributed by atoms with van der Waals surface area (Å²) >= 11 is 21.9. The normalized spacial score (nSPS) is 11.8. The minimum atomic E-state index is -3.78. The minimum Gasteiger partial charge on any atom is -0.207 e. The van der Waals surface area contributed by atoms with Gasteiger partial charge in [-0.2, -0.15) is 0 Å². The molecule has 0 spiro atoms. The highest BCUT2D eigenvalue weighted by atomic mass is 79.9. The first kappa shape index (κ1) is 16.5. The summed E-state index contributed by atoms with van der Waals surface area (Å²) in [4.78, 5) is -0.0544. The van der Waals surface area contributed by atoms with Crippen LogP contribution in [0.25, 0.3) is 0 Å². The van der Waals surface area contributed by atoms with Crippen molar-refractivity contribution in [3.63, 3.8) is 0 Å².